The van der Waals surface area contributed by atoms with Gasteiger partial charge in [0.25, 0.3) is 0 Å². The number of carbonyl (C=O) groups excluding carboxylic acids is 1. The molecule has 1 aliphatic rings. The van der Waals surface area contributed by atoms with Gasteiger partial charge in [0.15, 0.2) is 0 Å². The zero-order valence-corrected chi connectivity index (χ0v) is 17.3. The summed E-state index contributed by atoms with van der Waals surface area (Å²) in [7, 11) is 1.34. The van der Waals surface area contributed by atoms with Crippen LogP contribution < -0.4 is 15.6 Å². The van der Waals surface area contributed by atoms with Crippen LogP contribution in [0.25, 0.3) is 0 Å². The Balaban J connectivity index is 1.82. The molecule has 0 aliphatic heterocycles. The lowest BCUT2D eigenvalue weighted by atomic mass is 10.0. The van der Waals surface area contributed by atoms with Crippen molar-refractivity contribution in [2.24, 2.45) is 10.4 Å². The van der Waals surface area contributed by atoms with Gasteiger partial charge in [0.1, 0.15) is 19.4 Å². The summed E-state index contributed by atoms with van der Waals surface area (Å²) in [4.78, 5) is 17.6. The quantitative estimate of drug-likeness (QED) is 0.380. The molecule has 3 N–H and O–H groups in total. The van der Waals surface area contributed by atoms with E-state index >= 15 is 0 Å². The van der Waals surface area contributed by atoms with Gasteiger partial charge in [-0.1, -0.05) is 34.4 Å². The predicted molar refractivity (Wildman–Crippen MR) is 110 cm³/mol. The number of rotatable bonds is 8. The van der Waals surface area contributed by atoms with Crippen LogP contribution in [-0.4, -0.2) is 30.4 Å². The van der Waals surface area contributed by atoms with Gasteiger partial charge in [-0.05, 0) is 49.4 Å². The zero-order chi connectivity index (χ0) is 22.4. The van der Waals surface area contributed by atoms with E-state index in [-0.39, 0.29) is 23.6 Å². The van der Waals surface area contributed by atoms with Crippen molar-refractivity contribution in [3.05, 3.63) is 58.7 Å². The number of fused-ring (bicyclic) bond motifs is 1. The van der Waals surface area contributed by atoms with Crippen LogP contribution in [0.15, 0.2) is 46.8 Å². The number of ether oxygens (including phenoxy) is 1. The highest BCUT2D eigenvalue weighted by Gasteiger charge is 2.20. The molecule has 31 heavy (non-hydrogen) atoms. The number of halogens is 2. The van der Waals surface area contributed by atoms with Crippen LogP contribution in [0.4, 0.5) is 19.3 Å². The molecule has 3 rings (SSSR count). The summed E-state index contributed by atoms with van der Waals surface area (Å²) in [6, 6.07) is 9.78. The minimum atomic E-state index is -3.04. The predicted octanol–water partition coefficient (Wildman–Crippen LogP) is 3.31. The Morgan fingerprint density at radius 2 is 2.03 bits per heavy atom. The lowest BCUT2D eigenvalue weighted by molar-refractivity contribution is -0.248. The minimum Gasteiger partial charge on any atom is -0.434 e. The monoisotopic (exact) mass is 432 g/mol. The largest absolute Gasteiger partial charge is 0.434 e. The first-order valence-electron chi connectivity index (χ1n) is 9.70. The number of nitrogens with two attached hydrogens (primary N) is 1. The average molecular weight is 432 g/mol. The molecule has 0 atom stereocenters. The first-order valence-corrected chi connectivity index (χ1v) is 9.70. The van der Waals surface area contributed by atoms with E-state index in [1.54, 1.807) is 0 Å². The van der Waals surface area contributed by atoms with Gasteiger partial charge in [0.05, 0.1) is 22.2 Å². The van der Waals surface area contributed by atoms with Crippen molar-refractivity contribution in [2.75, 3.05) is 12.4 Å². The second-order valence-electron chi connectivity index (χ2n) is 6.98. The number of anilines is 1. The van der Waals surface area contributed by atoms with Crippen LogP contribution >= 0.6 is 0 Å². The Hall–Kier alpha value is -3.56. The highest BCUT2D eigenvalue weighted by atomic mass is 19.3. The SMILES string of the molecule is C/C(=N/OCc1c(NC(=O)N(C)N=[NH2+])cccc1OC(F)F)c1cccc2c1CCC2. The Morgan fingerprint density at radius 3 is 2.77 bits per heavy atom. The number of benzene rings is 2. The van der Waals surface area contributed by atoms with Crippen molar-refractivity contribution in [3.63, 3.8) is 0 Å². The number of oxime groups is 1. The van der Waals surface area contributed by atoms with Crippen LogP contribution in [0.3, 0.4) is 0 Å². The van der Waals surface area contributed by atoms with Gasteiger partial charge in [-0.15, -0.1) is 0 Å². The second-order valence-corrected chi connectivity index (χ2v) is 6.98. The molecule has 2 aromatic rings. The van der Waals surface area contributed by atoms with Crippen LogP contribution in [0, 0.1) is 0 Å². The van der Waals surface area contributed by atoms with Crippen LogP contribution in [0.2, 0.25) is 0 Å². The van der Waals surface area contributed by atoms with Crippen LogP contribution in [0.1, 0.15) is 35.6 Å². The summed E-state index contributed by atoms with van der Waals surface area (Å²) in [5.41, 5.74) is 9.76. The lowest BCUT2D eigenvalue weighted by Crippen LogP contribution is -2.37. The summed E-state index contributed by atoms with van der Waals surface area (Å²) in [5, 5.41) is 10.8. The molecule has 0 aromatic heterocycles. The molecule has 10 heteroatoms. The van der Waals surface area contributed by atoms with Gasteiger partial charge < -0.3 is 9.57 Å². The van der Waals surface area contributed by atoms with E-state index < -0.39 is 12.6 Å². The van der Waals surface area contributed by atoms with Gasteiger partial charge in [0, 0.05) is 5.56 Å². The molecule has 164 valence electrons. The Labute approximate surface area is 178 Å². The molecule has 0 heterocycles. The first-order chi connectivity index (χ1) is 14.9. The summed E-state index contributed by atoms with van der Waals surface area (Å²) >= 11 is 0. The van der Waals surface area contributed by atoms with Crippen molar-refractivity contribution in [1.82, 2.24) is 5.01 Å². The third-order valence-corrected chi connectivity index (χ3v) is 5.00. The molecule has 0 saturated carbocycles. The van der Waals surface area contributed by atoms with Crippen molar-refractivity contribution in [1.29, 1.82) is 0 Å². The molecular weight excluding hydrogens is 408 g/mol. The van der Waals surface area contributed by atoms with E-state index in [9.17, 15) is 13.6 Å². The van der Waals surface area contributed by atoms with E-state index in [0.717, 1.165) is 29.8 Å². The van der Waals surface area contributed by atoms with Crippen molar-refractivity contribution >= 4 is 17.4 Å². The molecule has 0 bridgehead atoms. The lowest BCUT2D eigenvalue weighted by Gasteiger charge is -2.15. The number of carbonyl (C=O) groups is 1. The number of hydrogen-bond acceptors (Lipinski definition) is 5. The van der Waals surface area contributed by atoms with Gasteiger partial charge in [-0.3, -0.25) is 5.32 Å². The zero-order valence-electron chi connectivity index (χ0n) is 17.3. The Kier molecular flexibility index (Phi) is 7.11. The number of nitrogens with zero attached hydrogens (tertiary/aromatic N) is 3. The van der Waals surface area contributed by atoms with Gasteiger partial charge >= 0.3 is 12.6 Å². The number of nitrogens with one attached hydrogen (secondary N) is 1. The van der Waals surface area contributed by atoms with Gasteiger partial charge in [0.2, 0.25) is 0 Å². The van der Waals surface area contributed by atoms with Crippen molar-refractivity contribution in [2.45, 2.75) is 39.4 Å². The molecule has 8 nitrogen and oxygen atoms in total. The molecule has 0 unspecified atom stereocenters. The number of aryl methyl sites for hydroxylation is 1. The topological polar surface area (TPSA) is 101 Å². The molecular formula is C21H24F2N5O3+. The summed E-state index contributed by atoms with van der Waals surface area (Å²) < 4.78 is 30.3. The fourth-order valence-electron chi connectivity index (χ4n) is 3.49. The standard InChI is InChI=1S/C21H23F2N5O3/c1-13(15-8-3-6-14-7-4-9-16(14)15)26-30-12-17-18(25-21(29)28(2)27-24)10-5-11-19(17)31-20(22)23/h3,5-6,8,10-11,20,24H,4,7,9,12H2,1-2H3,(H,25,29)/p+1/b26-13-,27-24?. The van der Waals surface area contributed by atoms with Gasteiger partial charge in [-0.2, -0.15) is 14.3 Å². The fraction of sp³-hybridized carbons (Fsp3) is 0.333. The maximum Gasteiger partial charge on any atom is 0.433 e. The average Bonchev–Trinajstić information content (AvgIpc) is 3.23. The highest BCUT2D eigenvalue weighted by Crippen LogP contribution is 2.30. The molecule has 0 saturated heterocycles. The molecule has 0 fully saturated rings. The van der Waals surface area contributed by atoms with Crippen molar-refractivity contribution < 1.29 is 28.7 Å². The third kappa shape index (κ3) is 5.33. The molecule has 0 radical (unpaired) electrons. The smallest absolute Gasteiger partial charge is 0.433 e. The maximum absolute atomic E-state index is 12.9. The number of hydrogen-bond donors (Lipinski definition) is 2. The van der Waals surface area contributed by atoms with E-state index in [0.29, 0.717) is 5.71 Å². The molecule has 1 aliphatic carbocycles. The van der Waals surface area contributed by atoms with Crippen LogP contribution in [-0.2, 0) is 24.3 Å². The van der Waals surface area contributed by atoms with Crippen LogP contribution in [0.5, 0.6) is 5.75 Å². The summed E-state index contributed by atoms with van der Waals surface area (Å²) in [6.45, 7) is -1.41. The van der Waals surface area contributed by atoms with Crippen molar-refractivity contribution in [3.8, 4) is 5.75 Å². The maximum atomic E-state index is 12.9. The van der Waals surface area contributed by atoms with E-state index in [1.807, 2.05) is 19.1 Å². The fourth-order valence-corrected chi connectivity index (χ4v) is 3.49. The van der Waals surface area contributed by atoms with E-state index in [4.69, 9.17) is 10.4 Å². The molecule has 2 amide bonds. The third-order valence-electron chi connectivity index (χ3n) is 5.00. The minimum absolute atomic E-state index is 0.131. The normalized spacial score (nSPS) is 13.0. The second kappa shape index (κ2) is 9.96. The Morgan fingerprint density at radius 1 is 1.26 bits per heavy atom. The summed E-state index contributed by atoms with van der Waals surface area (Å²) in [6.07, 6.45) is 3.13. The van der Waals surface area contributed by atoms with Gasteiger partial charge in [-0.25, -0.2) is 4.79 Å². The van der Waals surface area contributed by atoms with E-state index in [1.165, 1.54) is 36.4 Å². The first kappa shape index (κ1) is 22.1. The van der Waals surface area contributed by atoms with E-state index in [2.05, 4.69) is 26.5 Å². The number of urea groups is 1. The number of amides is 2. The molecule has 2 aromatic carbocycles. The number of alkyl halides is 2. The Bertz CT molecular complexity index is 997. The highest BCUT2D eigenvalue weighted by molar-refractivity contribution is 6.00. The summed E-state index contributed by atoms with van der Waals surface area (Å²) in [5.74, 6) is -0.131. The molecule has 0 spiro atoms.